The number of carbonyl (C=O) groups is 1. The molecule has 6 nitrogen and oxygen atoms in total. The van der Waals surface area contributed by atoms with Crippen LogP contribution in [-0.2, 0) is 38.8 Å². The number of amides is 1. The van der Waals surface area contributed by atoms with Gasteiger partial charge in [0.05, 0.1) is 25.9 Å². The normalized spacial score (nSPS) is 18.8. The van der Waals surface area contributed by atoms with Crippen LogP contribution in [-0.4, -0.2) is 42.1 Å². The Morgan fingerprint density at radius 3 is 1.83 bits per heavy atom. The van der Waals surface area contributed by atoms with Crippen molar-refractivity contribution in [1.82, 2.24) is 4.90 Å². The molecule has 0 aliphatic carbocycles. The molecule has 190 valence electrons. The lowest BCUT2D eigenvalue weighted by Gasteiger charge is -2.32. The van der Waals surface area contributed by atoms with Gasteiger partial charge in [-0.1, -0.05) is 91.0 Å². The second-order valence-corrected chi connectivity index (χ2v) is 9.41. The van der Waals surface area contributed by atoms with E-state index in [9.17, 15) is 4.79 Å². The van der Waals surface area contributed by atoms with E-state index in [-0.39, 0.29) is 18.8 Å². The highest BCUT2D eigenvalue weighted by molar-refractivity contribution is 5.69. The third kappa shape index (κ3) is 7.17. The van der Waals surface area contributed by atoms with Gasteiger partial charge in [0.2, 0.25) is 0 Å². The van der Waals surface area contributed by atoms with E-state index in [1.165, 1.54) is 0 Å². The van der Waals surface area contributed by atoms with Gasteiger partial charge in [-0.05, 0) is 37.0 Å². The molecule has 1 amide bonds. The minimum atomic E-state index is -0.835. The maximum Gasteiger partial charge on any atom is 0.412 e. The number of ether oxygens (including phenoxy) is 4. The average Bonchev–Trinajstić information content (AvgIpc) is 3.16. The SMILES string of the molecule is CC1(C)OC(COCc2ccccc2)C(CCOCc2ccccc2)N1C(=O)OCc1ccccc1. The van der Waals surface area contributed by atoms with Crippen LogP contribution in [0.5, 0.6) is 0 Å². The molecular formula is C30H35NO5. The molecule has 2 atom stereocenters. The average molecular weight is 490 g/mol. The Morgan fingerprint density at radius 2 is 1.28 bits per heavy atom. The zero-order valence-electron chi connectivity index (χ0n) is 21.0. The molecule has 6 heteroatoms. The smallest absolute Gasteiger partial charge is 0.412 e. The standard InChI is InChI=1S/C30H35NO5/c1-30(2)31(29(32)35-22-26-16-10-5-11-17-26)27(18-19-33-20-24-12-6-3-7-13-24)28(36-30)23-34-21-25-14-8-4-9-15-25/h3-17,27-28H,18-23H2,1-2H3. The molecule has 3 aromatic rings. The summed E-state index contributed by atoms with van der Waals surface area (Å²) in [4.78, 5) is 15.0. The molecule has 1 aliphatic rings. The third-order valence-electron chi connectivity index (χ3n) is 6.25. The molecule has 0 N–H and O–H groups in total. The van der Waals surface area contributed by atoms with Crippen molar-refractivity contribution in [2.75, 3.05) is 13.2 Å². The van der Waals surface area contributed by atoms with E-state index in [0.29, 0.717) is 32.8 Å². The van der Waals surface area contributed by atoms with Crippen LogP contribution in [0.25, 0.3) is 0 Å². The first-order chi connectivity index (χ1) is 17.5. The van der Waals surface area contributed by atoms with Crippen molar-refractivity contribution in [3.63, 3.8) is 0 Å². The number of benzene rings is 3. The lowest BCUT2D eigenvalue weighted by Crippen LogP contribution is -2.49. The Morgan fingerprint density at radius 1 is 0.778 bits per heavy atom. The zero-order chi connectivity index (χ0) is 25.2. The van der Waals surface area contributed by atoms with E-state index >= 15 is 0 Å². The van der Waals surface area contributed by atoms with Gasteiger partial charge in [0.1, 0.15) is 18.4 Å². The third-order valence-corrected chi connectivity index (χ3v) is 6.25. The van der Waals surface area contributed by atoms with E-state index in [2.05, 4.69) is 0 Å². The summed E-state index contributed by atoms with van der Waals surface area (Å²) in [7, 11) is 0. The minimum absolute atomic E-state index is 0.207. The van der Waals surface area contributed by atoms with Crippen LogP contribution in [0.4, 0.5) is 4.79 Å². The summed E-state index contributed by atoms with van der Waals surface area (Å²) in [5, 5.41) is 0. The van der Waals surface area contributed by atoms with Crippen molar-refractivity contribution >= 4 is 6.09 Å². The summed E-state index contributed by atoms with van der Waals surface area (Å²) in [5.74, 6) is 0. The summed E-state index contributed by atoms with van der Waals surface area (Å²) >= 11 is 0. The fraction of sp³-hybridized carbons (Fsp3) is 0.367. The fourth-order valence-electron chi connectivity index (χ4n) is 4.51. The molecule has 1 aliphatic heterocycles. The lowest BCUT2D eigenvalue weighted by atomic mass is 10.1. The first-order valence-electron chi connectivity index (χ1n) is 12.4. The molecule has 1 heterocycles. The number of hydrogen-bond acceptors (Lipinski definition) is 5. The van der Waals surface area contributed by atoms with Gasteiger partial charge in [-0.3, -0.25) is 4.90 Å². The van der Waals surface area contributed by atoms with Crippen molar-refractivity contribution < 1.29 is 23.7 Å². The summed E-state index contributed by atoms with van der Waals surface area (Å²) in [6.07, 6.45) is -0.0911. The highest BCUT2D eigenvalue weighted by atomic mass is 16.6. The van der Waals surface area contributed by atoms with Crippen molar-refractivity contribution in [2.24, 2.45) is 0 Å². The first kappa shape index (κ1) is 25.9. The van der Waals surface area contributed by atoms with E-state index in [0.717, 1.165) is 16.7 Å². The molecule has 3 aromatic carbocycles. The molecule has 1 fully saturated rings. The maximum atomic E-state index is 13.3. The van der Waals surface area contributed by atoms with E-state index in [4.69, 9.17) is 18.9 Å². The van der Waals surface area contributed by atoms with Gasteiger partial charge in [0.25, 0.3) is 0 Å². The highest BCUT2D eigenvalue weighted by Gasteiger charge is 2.50. The van der Waals surface area contributed by atoms with Gasteiger partial charge in [-0.25, -0.2) is 4.79 Å². The first-order valence-corrected chi connectivity index (χ1v) is 12.4. The molecule has 1 saturated heterocycles. The van der Waals surface area contributed by atoms with Crippen molar-refractivity contribution in [1.29, 1.82) is 0 Å². The molecular weight excluding hydrogens is 454 g/mol. The van der Waals surface area contributed by atoms with E-state index in [1.54, 1.807) is 4.90 Å². The van der Waals surface area contributed by atoms with Crippen molar-refractivity contribution in [2.45, 2.75) is 58.0 Å². The van der Waals surface area contributed by atoms with Crippen LogP contribution in [0.3, 0.4) is 0 Å². The highest BCUT2D eigenvalue weighted by Crippen LogP contribution is 2.35. The second-order valence-electron chi connectivity index (χ2n) is 9.41. The summed E-state index contributed by atoms with van der Waals surface area (Å²) < 4.78 is 24.0. The van der Waals surface area contributed by atoms with Crippen molar-refractivity contribution in [3.8, 4) is 0 Å². The Labute approximate surface area is 213 Å². The van der Waals surface area contributed by atoms with Gasteiger partial charge >= 0.3 is 6.09 Å². The molecule has 0 saturated carbocycles. The van der Waals surface area contributed by atoms with Crippen LogP contribution < -0.4 is 0 Å². The van der Waals surface area contributed by atoms with Crippen LogP contribution in [0.15, 0.2) is 91.0 Å². The quantitative estimate of drug-likeness (QED) is 0.312. The zero-order valence-corrected chi connectivity index (χ0v) is 21.0. The van der Waals surface area contributed by atoms with Crippen LogP contribution in [0, 0.1) is 0 Å². The molecule has 4 rings (SSSR count). The van der Waals surface area contributed by atoms with Gasteiger partial charge in [-0.15, -0.1) is 0 Å². The minimum Gasteiger partial charge on any atom is -0.444 e. The Balaban J connectivity index is 1.40. The summed E-state index contributed by atoms with van der Waals surface area (Å²) in [6, 6.07) is 29.5. The van der Waals surface area contributed by atoms with Crippen LogP contribution in [0.1, 0.15) is 37.0 Å². The monoisotopic (exact) mass is 489 g/mol. The number of hydrogen-bond donors (Lipinski definition) is 0. The summed E-state index contributed by atoms with van der Waals surface area (Å²) in [5.41, 5.74) is 2.31. The second kappa shape index (κ2) is 12.7. The largest absolute Gasteiger partial charge is 0.444 e. The maximum absolute atomic E-state index is 13.3. The Hall–Kier alpha value is -3.19. The molecule has 0 bridgehead atoms. The fourth-order valence-corrected chi connectivity index (χ4v) is 4.51. The van der Waals surface area contributed by atoms with Gasteiger partial charge in [0.15, 0.2) is 0 Å². The number of nitrogens with zero attached hydrogens (tertiary/aromatic N) is 1. The van der Waals surface area contributed by atoms with E-state index in [1.807, 2.05) is 105 Å². The van der Waals surface area contributed by atoms with Crippen LogP contribution in [0.2, 0.25) is 0 Å². The summed E-state index contributed by atoms with van der Waals surface area (Å²) in [6.45, 7) is 5.85. The molecule has 36 heavy (non-hydrogen) atoms. The molecule has 0 spiro atoms. The number of carbonyl (C=O) groups excluding carboxylic acids is 1. The number of rotatable bonds is 11. The Bertz CT molecular complexity index is 1060. The van der Waals surface area contributed by atoms with Gasteiger partial charge in [-0.2, -0.15) is 0 Å². The lowest BCUT2D eigenvalue weighted by molar-refractivity contribution is -0.0893. The molecule has 0 aromatic heterocycles. The topological polar surface area (TPSA) is 57.2 Å². The van der Waals surface area contributed by atoms with Crippen LogP contribution >= 0.6 is 0 Å². The van der Waals surface area contributed by atoms with Gasteiger partial charge in [0, 0.05) is 6.61 Å². The van der Waals surface area contributed by atoms with Gasteiger partial charge < -0.3 is 18.9 Å². The molecule has 2 unspecified atom stereocenters. The van der Waals surface area contributed by atoms with E-state index < -0.39 is 11.8 Å². The Kier molecular flexibility index (Phi) is 9.11. The van der Waals surface area contributed by atoms with Crippen molar-refractivity contribution in [3.05, 3.63) is 108 Å². The predicted molar refractivity (Wildman–Crippen MR) is 138 cm³/mol. The predicted octanol–water partition coefficient (Wildman–Crippen LogP) is 5.95. The molecule has 0 radical (unpaired) electrons.